The lowest BCUT2D eigenvalue weighted by Gasteiger charge is -2.08. The molecule has 0 bridgehead atoms. The number of thioether (sulfide) groups is 1. The van der Waals surface area contributed by atoms with Crippen molar-refractivity contribution >= 4 is 34.1 Å². The van der Waals surface area contributed by atoms with Crippen LogP contribution >= 0.6 is 23.1 Å². The molecule has 0 aromatic carbocycles. The second-order valence-electron chi connectivity index (χ2n) is 5.79. The van der Waals surface area contributed by atoms with E-state index in [1.165, 1.54) is 23.1 Å². The number of thiazole rings is 1. The summed E-state index contributed by atoms with van der Waals surface area (Å²) in [5.74, 6) is 1.52. The highest BCUT2D eigenvalue weighted by atomic mass is 32.2. The Labute approximate surface area is 160 Å². The Hall–Kier alpha value is -2.13. The van der Waals surface area contributed by atoms with E-state index in [9.17, 15) is 4.79 Å². The number of anilines is 1. The van der Waals surface area contributed by atoms with Crippen LogP contribution in [0.25, 0.3) is 11.6 Å². The summed E-state index contributed by atoms with van der Waals surface area (Å²) in [5.41, 5.74) is 0.945. The predicted octanol–water partition coefficient (Wildman–Crippen LogP) is 4.14. The predicted molar refractivity (Wildman–Crippen MR) is 104 cm³/mol. The van der Waals surface area contributed by atoms with Crippen molar-refractivity contribution in [2.75, 3.05) is 11.1 Å². The largest absolute Gasteiger partial charge is 0.461 e. The minimum absolute atomic E-state index is 0.103. The van der Waals surface area contributed by atoms with E-state index < -0.39 is 0 Å². The normalized spacial score (nSPS) is 11.0. The minimum atomic E-state index is -0.103. The number of hydrogen-bond donors (Lipinski definition) is 1. The first-order chi connectivity index (χ1) is 12.6. The van der Waals surface area contributed by atoms with Crippen molar-refractivity contribution in [2.24, 2.45) is 0 Å². The monoisotopic (exact) mass is 391 g/mol. The Morgan fingerprint density at radius 3 is 2.88 bits per heavy atom. The maximum Gasteiger partial charge on any atom is 0.236 e. The van der Waals surface area contributed by atoms with Gasteiger partial charge < -0.3 is 9.73 Å². The van der Waals surface area contributed by atoms with Crippen molar-refractivity contribution in [3.05, 3.63) is 29.0 Å². The topological polar surface area (TPSA) is 85.8 Å². The van der Waals surface area contributed by atoms with Gasteiger partial charge in [-0.25, -0.2) is 4.98 Å². The molecule has 0 saturated carbocycles. The molecule has 3 heterocycles. The molecule has 7 nitrogen and oxygen atoms in total. The maximum atomic E-state index is 12.2. The fourth-order valence-electron chi connectivity index (χ4n) is 2.31. The Morgan fingerprint density at radius 1 is 1.38 bits per heavy atom. The summed E-state index contributed by atoms with van der Waals surface area (Å²) in [6, 6.07) is 3.69. The van der Waals surface area contributed by atoms with Gasteiger partial charge in [0.2, 0.25) is 5.91 Å². The summed E-state index contributed by atoms with van der Waals surface area (Å²) < 4.78 is 7.46. The summed E-state index contributed by atoms with van der Waals surface area (Å²) in [6.45, 7) is 6.84. The van der Waals surface area contributed by atoms with E-state index in [2.05, 4.69) is 27.4 Å². The molecular formula is C17H21N5O2S2. The molecule has 9 heteroatoms. The van der Waals surface area contributed by atoms with Crippen LogP contribution in [0.3, 0.4) is 0 Å². The third-order valence-electron chi connectivity index (χ3n) is 3.80. The first-order valence-corrected chi connectivity index (χ1v) is 10.2. The molecule has 1 N–H and O–H groups in total. The molecule has 0 unspecified atom stereocenters. The van der Waals surface area contributed by atoms with E-state index in [0.717, 1.165) is 30.0 Å². The fourth-order valence-corrected chi connectivity index (χ4v) is 3.91. The molecule has 3 aromatic heterocycles. The van der Waals surface area contributed by atoms with Crippen molar-refractivity contribution < 1.29 is 9.21 Å². The molecule has 0 saturated heterocycles. The van der Waals surface area contributed by atoms with Gasteiger partial charge in [-0.3, -0.25) is 9.36 Å². The number of hydrogen-bond acceptors (Lipinski definition) is 7. The third kappa shape index (κ3) is 4.34. The van der Waals surface area contributed by atoms with Crippen LogP contribution in [0.1, 0.15) is 30.3 Å². The van der Waals surface area contributed by atoms with Crippen molar-refractivity contribution in [3.63, 3.8) is 0 Å². The lowest BCUT2D eigenvalue weighted by Crippen LogP contribution is -2.14. The average molecular weight is 392 g/mol. The number of carbonyl (C=O) groups is 1. The van der Waals surface area contributed by atoms with Gasteiger partial charge in [0.15, 0.2) is 21.9 Å². The van der Waals surface area contributed by atoms with Gasteiger partial charge in [0.05, 0.1) is 17.7 Å². The second kappa shape index (κ2) is 8.50. The molecule has 0 aliphatic carbocycles. The fraction of sp³-hybridized carbons (Fsp3) is 0.412. The van der Waals surface area contributed by atoms with Gasteiger partial charge >= 0.3 is 0 Å². The van der Waals surface area contributed by atoms with Crippen LogP contribution < -0.4 is 5.32 Å². The zero-order chi connectivity index (χ0) is 18.5. The van der Waals surface area contributed by atoms with Crippen LogP contribution in [0, 0.1) is 13.8 Å². The molecule has 3 rings (SSSR count). The van der Waals surface area contributed by atoms with Gasteiger partial charge in [0, 0.05) is 11.4 Å². The zero-order valence-corrected chi connectivity index (χ0v) is 16.6. The molecule has 3 aromatic rings. The van der Waals surface area contributed by atoms with Gasteiger partial charge in [0.25, 0.3) is 0 Å². The van der Waals surface area contributed by atoms with Gasteiger partial charge in [-0.2, -0.15) is 0 Å². The van der Waals surface area contributed by atoms with Crippen LogP contribution in [-0.4, -0.2) is 31.4 Å². The summed E-state index contributed by atoms with van der Waals surface area (Å²) in [6.07, 6.45) is 3.68. The van der Waals surface area contributed by atoms with Crippen LogP contribution in [0.4, 0.5) is 5.13 Å². The Morgan fingerprint density at radius 2 is 2.23 bits per heavy atom. The molecule has 0 atom stereocenters. The molecule has 1 amide bonds. The first-order valence-electron chi connectivity index (χ1n) is 8.42. The minimum Gasteiger partial charge on any atom is -0.461 e. The van der Waals surface area contributed by atoms with Crippen LogP contribution in [0.15, 0.2) is 28.0 Å². The molecule has 0 aliphatic rings. The van der Waals surface area contributed by atoms with Crippen molar-refractivity contribution in [3.8, 4) is 11.6 Å². The van der Waals surface area contributed by atoms with Crippen LogP contribution in [-0.2, 0) is 11.3 Å². The average Bonchev–Trinajstić information content (AvgIpc) is 3.32. The van der Waals surface area contributed by atoms with Crippen LogP contribution in [0.2, 0.25) is 0 Å². The number of furan rings is 1. The highest BCUT2D eigenvalue weighted by Gasteiger charge is 2.17. The molecular weight excluding hydrogens is 370 g/mol. The molecule has 138 valence electrons. The van der Waals surface area contributed by atoms with Crippen LogP contribution in [0.5, 0.6) is 0 Å². The van der Waals surface area contributed by atoms with E-state index in [1.807, 2.05) is 30.5 Å². The Bertz CT molecular complexity index is 850. The van der Waals surface area contributed by atoms with Gasteiger partial charge in [-0.15, -0.1) is 21.5 Å². The van der Waals surface area contributed by atoms with Gasteiger partial charge in [-0.05, 0) is 32.4 Å². The summed E-state index contributed by atoms with van der Waals surface area (Å²) in [7, 11) is 0. The Balaban J connectivity index is 1.67. The molecule has 0 fully saturated rings. The first kappa shape index (κ1) is 18.7. The lowest BCUT2D eigenvalue weighted by atomic mass is 10.3. The zero-order valence-electron chi connectivity index (χ0n) is 15.0. The highest BCUT2D eigenvalue weighted by Crippen LogP contribution is 2.26. The van der Waals surface area contributed by atoms with E-state index in [0.29, 0.717) is 21.9 Å². The smallest absolute Gasteiger partial charge is 0.236 e. The molecule has 0 spiro atoms. The Kier molecular flexibility index (Phi) is 6.10. The highest BCUT2D eigenvalue weighted by molar-refractivity contribution is 7.99. The van der Waals surface area contributed by atoms with E-state index in [-0.39, 0.29) is 11.7 Å². The third-order valence-corrected chi connectivity index (χ3v) is 5.76. The van der Waals surface area contributed by atoms with E-state index in [1.54, 1.807) is 6.26 Å². The number of nitrogens with zero attached hydrogens (tertiary/aromatic N) is 4. The number of amides is 1. The molecule has 0 radical (unpaired) electrons. The summed E-state index contributed by atoms with van der Waals surface area (Å²) >= 11 is 2.85. The van der Waals surface area contributed by atoms with Crippen molar-refractivity contribution in [2.45, 2.75) is 45.3 Å². The number of aryl methyl sites for hydroxylation is 2. The van der Waals surface area contributed by atoms with Crippen molar-refractivity contribution in [1.29, 1.82) is 0 Å². The number of unbranched alkanes of at least 4 members (excludes halogenated alkanes) is 1. The summed E-state index contributed by atoms with van der Waals surface area (Å²) in [5, 5.41) is 12.7. The van der Waals surface area contributed by atoms with E-state index >= 15 is 0 Å². The van der Waals surface area contributed by atoms with Gasteiger partial charge in [0.1, 0.15) is 0 Å². The number of aromatic nitrogens is 4. The quantitative estimate of drug-likeness (QED) is 0.581. The SMILES string of the molecule is CCCCn1c(SCC(=O)Nc2nc(C)c(C)s2)nnc1-c1ccco1. The standard InChI is InChI=1S/C17H21N5O2S2/c1-4-5-8-22-15(13-7-6-9-24-13)20-21-17(22)25-10-14(23)19-16-18-11(2)12(3)26-16/h6-7,9H,4-5,8,10H2,1-3H3,(H,18,19,23). The van der Waals surface area contributed by atoms with Crippen molar-refractivity contribution in [1.82, 2.24) is 19.7 Å². The van der Waals surface area contributed by atoms with E-state index in [4.69, 9.17) is 4.42 Å². The maximum absolute atomic E-state index is 12.2. The number of nitrogens with one attached hydrogen (secondary N) is 1. The number of rotatable bonds is 8. The second-order valence-corrected chi connectivity index (χ2v) is 7.93. The lowest BCUT2D eigenvalue weighted by molar-refractivity contribution is -0.113. The molecule has 26 heavy (non-hydrogen) atoms. The summed E-state index contributed by atoms with van der Waals surface area (Å²) in [4.78, 5) is 17.7. The molecule has 0 aliphatic heterocycles. The van der Waals surface area contributed by atoms with Gasteiger partial charge in [-0.1, -0.05) is 25.1 Å². The number of carbonyl (C=O) groups excluding carboxylic acids is 1.